The van der Waals surface area contributed by atoms with Crippen molar-refractivity contribution < 1.29 is 18.0 Å². The van der Waals surface area contributed by atoms with Gasteiger partial charge in [-0.15, -0.1) is 0 Å². The average molecular weight is 394 g/mol. The minimum atomic E-state index is -4.57. The smallest absolute Gasteiger partial charge is 0.311 e. The molecule has 0 aliphatic rings. The molecule has 0 radical (unpaired) electrons. The molecule has 0 fully saturated rings. The van der Waals surface area contributed by atoms with E-state index in [2.05, 4.69) is 9.97 Å². The second-order valence-electron chi connectivity index (χ2n) is 5.73. The Kier molecular flexibility index (Phi) is 6.80. The zero-order valence-electron chi connectivity index (χ0n) is 14.7. The van der Waals surface area contributed by atoms with Gasteiger partial charge in [-0.3, -0.25) is 4.79 Å². The minimum Gasteiger partial charge on any atom is -0.311 e. The van der Waals surface area contributed by atoms with Crippen LogP contribution in [0.25, 0.3) is 0 Å². The van der Waals surface area contributed by atoms with Crippen LogP contribution in [0.4, 0.5) is 18.9 Å². The first-order valence-electron chi connectivity index (χ1n) is 8.00. The molecule has 2 aromatic rings. The molecular weight excluding hydrogens is 377 g/mol. The third kappa shape index (κ3) is 5.69. The molecule has 0 N–H and O–H groups in total. The molecule has 2 rings (SSSR count). The summed E-state index contributed by atoms with van der Waals surface area (Å²) >= 11 is 0.826. The highest BCUT2D eigenvalue weighted by atomic mass is 32.2. The summed E-state index contributed by atoms with van der Waals surface area (Å²) in [4.78, 5) is 21.3. The van der Waals surface area contributed by atoms with Crippen molar-refractivity contribution in [1.82, 2.24) is 9.97 Å². The van der Waals surface area contributed by atoms with Crippen LogP contribution in [0.1, 0.15) is 23.2 Å². The van der Waals surface area contributed by atoms with Crippen LogP contribution in [-0.4, -0.2) is 28.2 Å². The lowest BCUT2D eigenvalue weighted by molar-refractivity contribution is -0.141. The number of carbonyl (C=O) groups excluding carboxylic acids is 1. The van der Waals surface area contributed by atoms with Crippen molar-refractivity contribution in [3.05, 3.63) is 47.3 Å². The molecule has 5 nitrogen and oxygen atoms in total. The van der Waals surface area contributed by atoms with Crippen LogP contribution in [0.3, 0.4) is 0 Å². The Morgan fingerprint density at radius 3 is 2.63 bits per heavy atom. The molecule has 1 amide bonds. The second kappa shape index (κ2) is 8.86. The Morgan fingerprint density at radius 1 is 1.26 bits per heavy atom. The van der Waals surface area contributed by atoms with Gasteiger partial charge in [-0.05, 0) is 43.2 Å². The number of halogens is 3. The molecule has 0 bridgehead atoms. The van der Waals surface area contributed by atoms with E-state index >= 15 is 0 Å². The zero-order valence-corrected chi connectivity index (χ0v) is 15.6. The predicted octanol–water partition coefficient (Wildman–Crippen LogP) is 4.15. The van der Waals surface area contributed by atoms with Crippen LogP contribution in [0.15, 0.2) is 35.6 Å². The third-order valence-electron chi connectivity index (χ3n) is 3.80. The molecule has 0 atom stereocenters. The number of rotatable bonds is 6. The summed E-state index contributed by atoms with van der Waals surface area (Å²) < 4.78 is 38.2. The van der Waals surface area contributed by atoms with Crippen LogP contribution in [0.2, 0.25) is 0 Å². The molecule has 0 aliphatic carbocycles. The largest absolute Gasteiger partial charge is 0.433 e. The van der Waals surface area contributed by atoms with Crippen LogP contribution in [-0.2, 0) is 11.0 Å². The summed E-state index contributed by atoms with van der Waals surface area (Å²) in [5.41, 5.74) is 1.65. The maximum absolute atomic E-state index is 12.7. The number of nitriles is 1. The lowest BCUT2D eigenvalue weighted by Crippen LogP contribution is -2.33. The molecule has 142 valence electrons. The molecule has 0 spiro atoms. The number of aromatic nitrogens is 2. The van der Waals surface area contributed by atoms with Crippen molar-refractivity contribution in [3.63, 3.8) is 0 Å². The molecule has 0 unspecified atom stereocenters. The fourth-order valence-electron chi connectivity index (χ4n) is 2.23. The molecule has 0 saturated carbocycles. The van der Waals surface area contributed by atoms with Gasteiger partial charge in [-0.25, -0.2) is 9.97 Å². The van der Waals surface area contributed by atoms with E-state index in [1.807, 2.05) is 32.0 Å². The molecule has 1 aromatic carbocycles. The number of alkyl halides is 3. The SMILES string of the molecule is Cc1ccc(N(CCC#N)C(=O)CSc2nccc(C(F)(F)F)n2)cc1C. The lowest BCUT2D eigenvalue weighted by Gasteiger charge is -2.22. The molecule has 1 aromatic heterocycles. The highest BCUT2D eigenvalue weighted by Crippen LogP contribution is 2.28. The van der Waals surface area contributed by atoms with E-state index in [1.165, 1.54) is 4.90 Å². The Hall–Kier alpha value is -2.60. The van der Waals surface area contributed by atoms with Gasteiger partial charge in [0.1, 0.15) is 5.69 Å². The quantitative estimate of drug-likeness (QED) is 0.544. The number of anilines is 1. The highest BCUT2D eigenvalue weighted by molar-refractivity contribution is 7.99. The van der Waals surface area contributed by atoms with Crippen molar-refractivity contribution in [2.75, 3.05) is 17.2 Å². The second-order valence-corrected chi connectivity index (χ2v) is 6.68. The number of benzene rings is 1. The van der Waals surface area contributed by atoms with Crippen LogP contribution in [0, 0.1) is 25.2 Å². The molecule has 0 aliphatic heterocycles. The number of amides is 1. The van der Waals surface area contributed by atoms with E-state index in [4.69, 9.17) is 5.26 Å². The Balaban J connectivity index is 2.14. The number of nitrogens with zero attached hydrogens (tertiary/aromatic N) is 4. The monoisotopic (exact) mass is 394 g/mol. The summed E-state index contributed by atoms with van der Waals surface area (Å²) in [6.45, 7) is 4.06. The number of hydrogen-bond acceptors (Lipinski definition) is 5. The number of thioether (sulfide) groups is 1. The summed E-state index contributed by atoms with van der Waals surface area (Å²) in [5, 5.41) is 8.71. The summed E-state index contributed by atoms with van der Waals surface area (Å²) in [6, 6.07) is 8.27. The number of aryl methyl sites for hydroxylation is 2. The maximum Gasteiger partial charge on any atom is 0.433 e. The molecule has 0 saturated heterocycles. The minimum absolute atomic E-state index is 0.126. The van der Waals surface area contributed by atoms with Crippen molar-refractivity contribution >= 4 is 23.4 Å². The van der Waals surface area contributed by atoms with Crippen molar-refractivity contribution in [2.24, 2.45) is 0 Å². The maximum atomic E-state index is 12.7. The molecule has 1 heterocycles. The fourth-order valence-corrected chi connectivity index (χ4v) is 2.93. The van der Waals surface area contributed by atoms with E-state index < -0.39 is 11.9 Å². The van der Waals surface area contributed by atoms with E-state index in [1.54, 1.807) is 6.07 Å². The molecular formula is C18H17F3N4OS. The fraction of sp³-hybridized carbons (Fsp3) is 0.333. The van der Waals surface area contributed by atoms with Gasteiger partial charge in [-0.2, -0.15) is 18.4 Å². The zero-order chi connectivity index (χ0) is 20.0. The van der Waals surface area contributed by atoms with Crippen LogP contribution in [0.5, 0.6) is 0 Å². The molecule has 9 heteroatoms. The number of carbonyl (C=O) groups is 1. The number of hydrogen-bond donors (Lipinski definition) is 0. The van der Waals surface area contributed by atoms with Gasteiger partial charge in [0.2, 0.25) is 5.91 Å². The molecule has 27 heavy (non-hydrogen) atoms. The van der Waals surface area contributed by atoms with Crippen molar-refractivity contribution in [2.45, 2.75) is 31.6 Å². The summed E-state index contributed by atoms with van der Waals surface area (Å²) in [7, 11) is 0. The van der Waals surface area contributed by atoms with Gasteiger partial charge < -0.3 is 4.90 Å². The summed E-state index contributed by atoms with van der Waals surface area (Å²) in [6.07, 6.45) is -3.41. The van der Waals surface area contributed by atoms with E-state index in [-0.39, 0.29) is 29.8 Å². The topological polar surface area (TPSA) is 69.9 Å². The lowest BCUT2D eigenvalue weighted by atomic mass is 10.1. The standard InChI is InChI=1S/C18H17F3N4OS/c1-12-4-5-14(10-13(12)2)25(9-3-7-22)16(26)11-27-17-23-8-6-15(24-17)18(19,20)21/h4-6,8,10H,3,9,11H2,1-2H3. The summed E-state index contributed by atoms with van der Waals surface area (Å²) in [5.74, 6) is -0.473. The van der Waals surface area contributed by atoms with Gasteiger partial charge in [0.15, 0.2) is 5.16 Å². The Labute approximate surface area is 159 Å². The first-order chi connectivity index (χ1) is 12.7. The van der Waals surface area contributed by atoms with Gasteiger partial charge in [0, 0.05) is 18.4 Å². The normalized spacial score (nSPS) is 11.1. The van der Waals surface area contributed by atoms with Crippen LogP contribution >= 0.6 is 11.8 Å². The Bertz CT molecular complexity index is 864. The van der Waals surface area contributed by atoms with Crippen molar-refractivity contribution in [1.29, 1.82) is 5.26 Å². The van der Waals surface area contributed by atoms with Gasteiger partial charge >= 0.3 is 6.18 Å². The van der Waals surface area contributed by atoms with E-state index in [0.717, 1.165) is 35.2 Å². The van der Waals surface area contributed by atoms with Gasteiger partial charge in [0.05, 0.1) is 18.2 Å². The first-order valence-corrected chi connectivity index (χ1v) is 8.98. The third-order valence-corrected chi connectivity index (χ3v) is 4.65. The average Bonchev–Trinajstić information content (AvgIpc) is 2.62. The van der Waals surface area contributed by atoms with Gasteiger partial charge in [0.25, 0.3) is 0 Å². The Morgan fingerprint density at radius 2 is 2.00 bits per heavy atom. The van der Waals surface area contributed by atoms with Gasteiger partial charge in [-0.1, -0.05) is 17.8 Å². The highest BCUT2D eigenvalue weighted by Gasteiger charge is 2.32. The predicted molar refractivity (Wildman–Crippen MR) is 96.3 cm³/mol. The van der Waals surface area contributed by atoms with Crippen LogP contribution < -0.4 is 4.90 Å². The first kappa shape index (κ1) is 20.7. The van der Waals surface area contributed by atoms with E-state index in [0.29, 0.717) is 5.69 Å². The van der Waals surface area contributed by atoms with E-state index in [9.17, 15) is 18.0 Å². The van der Waals surface area contributed by atoms with Crippen molar-refractivity contribution in [3.8, 4) is 6.07 Å².